The lowest BCUT2D eigenvalue weighted by molar-refractivity contribution is -0.139. The first-order valence-electron chi connectivity index (χ1n) is 6.87. The van der Waals surface area contributed by atoms with Crippen molar-refractivity contribution in [3.63, 3.8) is 0 Å². The zero-order valence-electron chi connectivity index (χ0n) is 11.1. The highest BCUT2D eigenvalue weighted by Crippen LogP contribution is 2.80. The fraction of sp³-hybridized carbons (Fsp3) is 0.933. The lowest BCUT2D eigenvalue weighted by atomic mass is 9.48. The molecule has 0 amide bonds. The van der Waals surface area contributed by atoms with Gasteiger partial charge in [0.1, 0.15) is 5.78 Å². The lowest BCUT2D eigenvalue weighted by Crippen LogP contribution is -2.50. The molecular formula is C15H24O. The summed E-state index contributed by atoms with van der Waals surface area (Å²) >= 11 is 0. The molecule has 0 N–H and O–H groups in total. The molecule has 1 heteroatoms. The predicted molar refractivity (Wildman–Crippen MR) is 65.1 cm³/mol. The van der Waals surface area contributed by atoms with Gasteiger partial charge in [-0.05, 0) is 41.4 Å². The first kappa shape index (κ1) is 10.8. The largest absolute Gasteiger partial charge is 0.299 e. The van der Waals surface area contributed by atoms with Crippen LogP contribution in [0.15, 0.2) is 0 Å². The minimum Gasteiger partial charge on any atom is -0.299 e. The van der Waals surface area contributed by atoms with E-state index in [4.69, 9.17) is 0 Å². The highest BCUT2D eigenvalue weighted by atomic mass is 16.1. The summed E-state index contributed by atoms with van der Waals surface area (Å²) in [7, 11) is 0. The molecule has 0 unspecified atom stereocenters. The second kappa shape index (κ2) is 2.73. The van der Waals surface area contributed by atoms with Crippen molar-refractivity contribution in [1.29, 1.82) is 0 Å². The summed E-state index contributed by atoms with van der Waals surface area (Å²) in [5, 5.41) is 0. The molecule has 0 bridgehead atoms. The van der Waals surface area contributed by atoms with Crippen molar-refractivity contribution in [3.8, 4) is 0 Å². The first-order chi connectivity index (χ1) is 7.34. The van der Waals surface area contributed by atoms with Crippen LogP contribution >= 0.6 is 0 Å². The molecule has 0 aromatic heterocycles. The Balaban J connectivity index is 2.06. The van der Waals surface area contributed by atoms with Crippen LogP contribution < -0.4 is 0 Å². The highest BCUT2D eigenvalue weighted by molar-refractivity contribution is 5.84. The molecule has 3 aliphatic carbocycles. The third-order valence-corrected chi connectivity index (χ3v) is 6.51. The number of carbonyl (C=O) groups excluding carboxylic acids is 1. The number of carbonyl (C=O) groups is 1. The van der Waals surface area contributed by atoms with Gasteiger partial charge < -0.3 is 0 Å². The molecule has 1 nitrogen and oxygen atoms in total. The SMILES string of the molecule is C[C@@H]1C(=O)C[C@]2(C)CCCC(C)(C)[C@@]23C[C@@H]13. The fourth-order valence-electron chi connectivity index (χ4n) is 5.56. The number of hydrogen-bond donors (Lipinski definition) is 0. The van der Waals surface area contributed by atoms with Crippen molar-refractivity contribution < 1.29 is 4.79 Å². The van der Waals surface area contributed by atoms with Gasteiger partial charge in [0, 0.05) is 12.3 Å². The van der Waals surface area contributed by atoms with Gasteiger partial charge in [-0.25, -0.2) is 0 Å². The number of rotatable bonds is 0. The van der Waals surface area contributed by atoms with E-state index in [0.29, 0.717) is 33.9 Å². The molecule has 90 valence electrons. The minimum absolute atomic E-state index is 0.322. The van der Waals surface area contributed by atoms with Crippen LogP contribution in [0, 0.1) is 28.1 Å². The molecule has 0 radical (unpaired) electrons. The van der Waals surface area contributed by atoms with Crippen LogP contribution in [0.4, 0.5) is 0 Å². The average Bonchev–Trinajstić information content (AvgIpc) is 2.89. The van der Waals surface area contributed by atoms with Gasteiger partial charge in [0.15, 0.2) is 0 Å². The van der Waals surface area contributed by atoms with Crippen LogP contribution in [0.25, 0.3) is 0 Å². The molecule has 0 aromatic carbocycles. The maximum absolute atomic E-state index is 12.1. The Morgan fingerprint density at radius 1 is 1.19 bits per heavy atom. The molecule has 0 saturated heterocycles. The van der Waals surface area contributed by atoms with Crippen LogP contribution in [-0.2, 0) is 4.79 Å². The molecule has 4 atom stereocenters. The summed E-state index contributed by atoms with van der Waals surface area (Å²) in [5.41, 5.74) is 1.29. The first-order valence-corrected chi connectivity index (χ1v) is 6.87. The lowest BCUT2D eigenvalue weighted by Gasteiger charge is -2.55. The van der Waals surface area contributed by atoms with Crippen molar-refractivity contribution in [2.24, 2.45) is 28.1 Å². The Hall–Kier alpha value is -0.330. The summed E-state index contributed by atoms with van der Waals surface area (Å²) in [6, 6.07) is 0. The quantitative estimate of drug-likeness (QED) is 0.606. The second-order valence-corrected chi connectivity index (χ2v) is 7.51. The van der Waals surface area contributed by atoms with E-state index in [-0.39, 0.29) is 0 Å². The predicted octanol–water partition coefficient (Wildman–Crippen LogP) is 3.82. The molecule has 3 fully saturated rings. The normalized spacial score (nSPS) is 54.1. The van der Waals surface area contributed by atoms with E-state index < -0.39 is 0 Å². The molecule has 1 spiro atoms. The zero-order chi connectivity index (χ0) is 11.8. The summed E-state index contributed by atoms with van der Waals surface area (Å²) in [6.07, 6.45) is 6.14. The average molecular weight is 220 g/mol. The van der Waals surface area contributed by atoms with Gasteiger partial charge in [0.25, 0.3) is 0 Å². The summed E-state index contributed by atoms with van der Waals surface area (Å²) < 4.78 is 0. The molecule has 3 aliphatic rings. The Kier molecular flexibility index (Phi) is 1.85. The van der Waals surface area contributed by atoms with Crippen LogP contribution in [0.3, 0.4) is 0 Å². The Morgan fingerprint density at radius 2 is 1.88 bits per heavy atom. The van der Waals surface area contributed by atoms with Gasteiger partial charge in [0.2, 0.25) is 0 Å². The van der Waals surface area contributed by atoms with Crippen molar-refractivity contribution in [2.45, 2.75) is 59.8 Å². The second-order valence-electron chi connectivity index (χ2n) is 7.51. The Bertz CT molecular complexity index is 356. The Morgan fingerprint density at radius 3 is 2.56 bits per heavy atom. The minimum atomic E-state index is 0.322. The summed E-state index contributed by atoms with van der Waals surface area (Å²) in [6.45, 7) is 9.48. The molecular weight excluding hydrogens is 196 g/mol. The van der Waals surface area contributed by atoms with Gasteiger partial charge in [-0.3, -0.25) is 4.79 Å². The highest BCUT2D eigenvalue weighted by Gasteiger charge is 2.75. The zero-order valence-corrected chi connectivity index (χ0v) is 11.1. The van der Waals surface area contributed by atoms with Crippen molar-refractivity contribution >= 4 is 5.78 Å². The number of hydrogen-bond acceptors (Lipinski definition) is 1. The number of Topliss-reactive ketones (excluding diaryl/α,β-unsaturated/α-hetero) is 1. The van der Waals surface area contributed by atoms with E-state index >= 15 is 0 Å². The van der Waals surface area contributed by atoms with Crippen LogP contribution in [0.2, 0.25) is 0 Å². The van der Waals surface area contributed by atoms with Crippen molar-refractivity contribution in [1.82, 2.24) is 0 Å². The van der Waals surface area contributed by atoms with Crippen LogP contribution in [0.1, 0.15) is 59.8 Å². The van der Waals surface area contributed by atoms with E-state index in [1.54, 1.807) is 0 Å². The number of ketones is 1. The summed E-state index contributed by atoms with van der Waals surface area (Å²) in [4.78, 5) is 12.1. The monoisotopic (exact) mass is 220 g/mol. The molecule has 16 heavy (non-hydrogen) atoms. The third kappa shape index (κ3) is 0.966. The van der Waals surface area contributed by atoms with Gasteiger partial charge in [0.05, 0.1) is 0 Å². The standard InChI is InChI=1S/C15H24O/c1-10-11-8-15(11)13(2,3)6-5-7-14(15,4)9-12(10)16/h10-11H,5-9H2,1-4H3/t10-,11-,14-,15-/m0/s1. The molecule has 0 aliphatic heterocycles. The van der Waals surface area contributed by atoms with Gasteiger partial charge >= 0.3 is 0 Å². The maximum atomic E-state index is 12.1. The van der Waals surface area contributed by atoms with Gasteiger partial charge in [-0.2, -0.15) is 0 Å². The van der Waals surface area contributed by atoms with E-state index in [2.05, 4.69) is 27.7 Å². The Labute approximate surface area is 99.0 Å². The van der Waals surface area contributed by atoms with Crippen molar-refractivity contribution in [2.75, 3.05) is 0 Å². The van der Waals surface area contributed by atoms with E-state index in [1.165, 1.54) is 25.7 Å². The molecule has 0 aromatic rings. The molecule has 3 saturated carbocycles. The molecule has 3 rings (SSSR count). The van der Waals surface area contributed by atoms with Crippen molar-refractivity contribution in [3.05, 3.63) is 0 Å². The fourth-order valence-corrected chi connectivity index (χ4v) is 5.56. The molecule has 0 heterocycles. The van der Waals surface area contributed by atoms with Crippen LogP contribution in [0.5, 0.6) is 0 Å². The van der Waals surface area contributed by atoms with Gasteiger partial charge in [-0.15, -0.1) is 0 Å². The summed E-state index contributed by atoms with van der Waals surface area (Å²) in [5.74, 6) is 1.58. The van der Waals surface area contributed by atoms with Gasteiger partial charge in [-0.1, -0.05) is 34.1 Å². The van der Waals surface area contributed by atoms with E-state index in [0.717, 1.165) is 6.42 Å². The smallest absolute Gasteiger partial charge is 0.136 e. The maximum Gasteiger partial charge on any atom is 0.136 e. The van der Waals surface area contributed by atoms with Crippen LogP contribution in [-0.4, -0.2) is 5.78 Å². The topological polar surface area (TPSA) is 17.1 Å². The van der Waals surface area contributed by atoms with E-state index in [9.17, 15) is 4.79 Å². The van der Waals surface area contributed by atoms with E-state index in [1.807, 2.05) is 0 Å². The third-order valence-electron chi connectivity index (χ3n) is 6.51.